The fourth-order valence-corrected chi connectivity index (χ4v) is 3.90. The molecule has 150 valence electrons. The molecule has 1 unspecified atom stereocenters. The Bertz CT molecular complexity index is 929. The maximum Gasteiger partial charge on any atom is 0.248 e. The molecule has 2 rings (SSSR count). The van der Waals surface area contributed by atoms with E-state index in [0.717, 1.165) is 22.7 Å². The van der Waals surface area contributed by atoms with Crippen molar-refractivity contribution in [2.75, 3.05) is 22.5 Å². The van der Waals surface area contributed by atoms with Gasteiger partial charge >= 0.3 is 0 Å². The molecule has 2 aromatic rings. The summed E-state index contributed by atoms with van der Waals surface area (Å²) >= 11 is 0. The van der Waals surface area contributed by atoms with E-state index in [2.05, 4.69) is 11.9 Å². The Kier molecular flexibility index (Phi) is 7.17. The molecule has 8 heteroatoms. The number of carbonyl (C=O) groups excluding carboxylic acids is 1. The number of hydrogen-bond donors (Lipinski definition) is 1. The lowest BCUT2D eigenvalue weighted by atomic mass is 10.1. The second-order valence-electron chi connectivity index (χ2n) is 6.08. The predicted molar refractivity (Wildman–Crippen MR) is 109 cm³/mol. The molecule has 2 aromatic carbocycles. The molecule has 0 aromatic heterocycles. The molecule has 1 amide bonds. The Labute approximate surface area is 164 Å². The SMILES string of the molecule is C=CCOc1cccc(NC(=O)C(CC)N(c2ccc(F)cc2)S(C)(=O)=O)c1. The Morgan fingerprint density at radius 2 is 1.96 bits per heavy atom. The number of rotatable bonds is 9. The van der Waals surface area contributed by atoms with Crippen LogP contribution in [0, 0.1) is 5.82 Å². The summed E-state index contributed by atoms with van der Waals surface area (Å²) in [6.45, 7) is 5.60. The quantitative estimate of drug-likeness (QED) is 0.646. The summed E-state index contributed by atoms with van der Waals surface area (Å²) in [4.78, 5) is 12.8. The second-order valence-corrected chi connectivity index (χ2v) is 7.94. The molecular weight excluding hydrogens is 383 g/mol. The summed E-state index contributed by atoms with van der Waals surface area (Å²) in [7, 11) is -3.79. The fraction of sp³-hybridized carbons (Fsp3) is 0.250. The third-order valence-electron chi connectivity index (χ3n) is 3.88. The Morgan fingerprint density at radius 3 is 2.54 bits per heavy atom. The van der Waals surface area contributed by atoms with Gasteiger partial charge in [-0.1, -0.05) is 25.6 Å². The molecule has 0 heterocycles. The van der Waals surface area contributed by atoms with Crippen molar-refractivity contribution in [2.24, 2.45) is 0 Å². The maximum atomic E-state index is 13.2. The predicted octanol–water partition coefficient (Wildman–Crippen LogP) is 3.57. The van der Waals surface area contributed by atoms with Crippen LogP contribution in [0.4, 0.5) is 15.8 Å². The van der Waals surface area contributed by atoms with Crippen LogP contribution in [-0.4, -0.2) is 33.2 Å². The zero-order chi connectivity index (χ0) is 20.7. The first-order valence-corrected chi connectivity index (χ1v) is 10.5. The van der Waals surface area contributed by atoms with E-state index < -0.39 is 27.8 Å². The van der Waals surface area contributed by atoms with Crippen molar-refractivity contribution in [3.05, 3.63) is 67.0 Å². The normalized spacial score (nSPS) is 12.1. The van der Waals surface area contributed by atoms with Crippen molar-refractivity contribution in [3.63, 3.8) is 0 Å². The van der Waals surface area contributed by atoms with Gasteiger partial charge in [-0.2, -0.15) is 0 Å². The van der Waals surface area contributed by atoms with Gasteiger partial charge in [-0.15, -0.1) is 0 Å². The summed E-state index contributed by atoms with van der Waals surface area (Å²) in [6, 6.07) is 10.7. The van der Waals surface area contributed by atoms with E-state index in [1.807, 2.05) is 0 Å². The molecule has 0 bridgehead atoms. The highest BCUT2D eigenvalue weighted by Gasteiger charge is 2.31. The molecule has 0 saturated carbocycles. The van der Waals surface area contributed by atoms with Crippen molar-refractivity contribution in [2.45, 2.75) is 19.4 Å². The highest BCUT2D eigenvalue weighted by molar-refractivity contribution is 7.92. The molecule has 0 saturated heterocycles. The Hall–Kier alpha value is -2.87. The van der Waals surface area contributed by atoms with Crippen LogP contribution >= 0.6 is 0 Å². The average Bonchev–Trinajstić information content (AvgIpc) is 2.64. The Balaban J connectivity index is 2.29. The van der Waals surface area contributed by atoms with Gasteiger partial charge in [0.2, 0.25) is 15.9 Å². The smallest absolute Gasteiger partial charge is 0.248 e. The molecule has 0 fully saturated rings. The zero-order valence-electron chi connectivity index (χ0n) is 15.8. The van der Waals surface area contributed by atoms with Gasteiger partial charge in [0.25, 0.3) is 0 Å². The number of nitrogens with zero attached hydrogens (tertiary/aromatic N) is 1. The highest BCUT2D eigenvalue weighted by Crippen LogP contribution is 2.24. The van der Waals surface area contributed by atoms with Gasteiger partial charge < -0.3 is 10.1 Å². The van der Waals surface area contributed by atoms with E-state index in [1.54, 1.807) is 37.3 Å². The van der Waals surface area contributed by atoms with Gasteiger partial charge in [0.15, 0.2) is 0 Å². The van der Waals surface area contributed by atoms with E-state index in [-0.39, 0.29) is 12.1 Å². The summed E-state index contributed by atoms with van der Waals surface area (Å²) < 4.78 is 44.4. The van der Waals surface area contributed by atoms with Crippen LogP contribution in [0.5, 0.6) is 5.75 Å². The molecule has 0 aliphatic rings. The van der Waals surface area contributed by atoms with Crippen LogP contribution in [-0.2, 0) is 14.8 Å². The first-order valence-electron chi connectivity index (χ1n) is 8.66. The highest BCUT2D eigenvalue weighted by atomic mass is 32.2. The lowest BCUT2D eigenvalue weighted by Gasteiger charge is -2.30. The van der Waals surface area contributed by atoms with Crippen molar-refractivity contribution < 1.29 is 22.3 Å². The van der Waals surface area contributed by atoms with Gasteiger partial charge in [-0.05, 0) is 42.8 Å². The lowest BCUT2D eigenvalue weighted by Crippen LogP contribution is -2.47. The summed E-state index contributed by atoms with van der Waals surface area (Å²) in [5.41, 5.74) is 0.687. The molecule has 0 spiro atoms. The largest absolute Gasteiger partial charge is 0.489 e. The van der Waals surface area contributed by atoms with E-state index in [1.165, 1.54) is 12.1 Å². The molecule has 0 aliphatic heterocycles. The number of anilines is 2. The van der Waals surface area contributed by atoms with E-state index in [4.69, 9.17) is 4.74 Å². The zero-order valence-corrected chi connectivity index (χ0v) is 16.6. The summed E-state index contributed by atoms with van der Waals surface area (Å²) in [5, 5.41) is 2.72. The third kappa shape index (κ3) is 5.56. The van der Waals surface area contributed by atoms with Crippen molar-refractivity contribution in [1.82, 2.24) is 0 Å². The van der Waals surface area contributed by atoms with Gasteiger partial charge in [0, 0.05) is 11.8 Å². The minimum Gasteiger partial charge on any atom is -0.489 e. The van der Waals surface area contributed by atoms with Crippen LogP contribution in [0.2, 0.25) is 0 Å². The number of ether oxygens (including phenoxy) is 1. The molecule has 6 nitrogen and oxygen atoms in total. The minimum atomic E-state index is -3.79. The monoisotopic (exact) mass is 406 g/mol. The second kappa shape index (κ2) is 9.36. The molecule has 28 heavy (non-hydrogen) atoms. The molecule has 1 N–H and O–H groups in total. The van der Waals surface area contributed by atoms with Crippen LogP contribution in [0.15, 0.2) is 61.2 Å². The standard InChI is InChI=1S/C20H23FN2O4S/c1-4-13-27-18-8-6-7-16(14-18)22-20(24)19(5-2)23(28(3,25)26)17-11-9-15(21)10-12-17/h4,6-12,14,19H,1,5,13H2,2-3H3,(H,22,24). The topological polar surface area (TPSA) is 75.7 Å². The van der Waals surface area contributed by atoms with Crippen molar-refractivity contribution in [3.8, 4) is 5.75 Å². The molecular formula is C20H23FN2O4S. The average molecular weight is 406 g/mol. The van der Waals surface area contributed by atoms with Gasteiger partial charge in [0.1, 0.15) is 24.2 Å². The van der Waals surface area contributed by atoms with Crippen molar-refractivity contribution >= 4 is 27.3 Å². The van der Waals surface area contributed by atoms with Crippen LogP contribution in [0.1, 0.15) is 13.3 Å². The van der Waals surface area contributed by atoms with Gasteiger partial charge in [0.05, 0.1) is 11.9 Å². The lowest BCUT2D eigenvalue weighted by molar-refractivity contribution is -0.117. The summed E-state index contributed by atoms with van der Waals surface area (Å²) in [5.74, 6) is -0.451. The van der Waals surface area contributed by atoms with E-state index >= 15 is 0 Å². The number of halogens is 1. The first kappa shape index (κ1) is 21.4. The number of amides is 1. The van der Waals surface area contributed by atoms with E-state index in [0.29, 0.717) is 18.0 Å². The fourth-order valence-electron chi connectivity index (χ4n) is 2.69. The maximum absolute atomic E-state index is 13.2. The van der Waals surface area contributed by atoms with Crippen LogP contribution < -0.4 is 14.4 Å². The van der Waals surface area contributed by atoms with Crippen LogP contribution in [0.25, 0.3) is 0 Å². The van der Waals surface area contributed by atoms with E-state index in [9.17, 15) is 17.6 Å². The number of hydrogen-bond acceptors (Lipinski definition) is 4. The Morgan fingerprint density at radius 1 is 1.29 bits per heavy atom. The number of nitrogens with one attached hydrogen (secondary N) is 1. The summed E-state index contributed by atoms with van der Waals surface area (Å²) in [6.07, 6.45) is 2.84. The first-order chi connectivity index (χ1) is 13.3. The molecule has 1 atom stereocenters. The van der Waals surface area contributed by atoms with Crippen molar-refractivity contribution in [1.29, 1.82) is 0 Å². The minimum absolute atomic E-state index is 0.217. The van der Waals surface area contributed by atoms with Gasteiger partial charge in [-0.3, -0.25) is 9.10 Å². The number of carbonyl (C=O) groups is 1. The number of sulfonamides is 1. The number of benzene rings is 2. The third-order valence-corrected chi connectivity index (χ3v) is 5.06. The molecule has 0 radical (unpaired) electrons. The van der Waals surface area contributed by atoms with Crippen LogP contribution in [0.3, 0.4) is 0 Å². The molecule has 0 aliphatic carbocycles. The van der Waals surface area contributed by atoms with Gasteiger partial charge in [-0.25, -0.2) is 12.8 Å².